The van der Waals surface area contributed by atoms with Crippen LogP contribution in [0.3, 0.4) is 0 Å². The molecular formula is C24H35N3O8. The Morgan fingerprint density at radius 2 is 1.60 bits per heavy atom. The van der Waals surface area contributed by atoms with Gasteiger partial charge in [0, 0.05) is 19.5 Å². The molecule has 2 rings (SSSR count). The highest BCUT2D eigenvalue weighted by Gasteiger charge is 2.27. The zero-order chi connectivity index (χ0) is 25.7. The van der Waals surface area contributed by atoms with E-state index in [4.69, 9.17) is 18.9 Å². The summed E-state index contributed by atoms with van der Waals surface area (Å²) in [6.45, 7) is 7.29. The van der Waals surface area contributed by atoms with Crippen molar-refractivity contribution in [3.05, 3.63) is 29.8 Å². The van der Waals surface area contributed by atoms with Crippen LogP contribution in [0, 0.1) is 0 Å². The van der Waals surface area contributed by atoms with Gasteiger partial charge in [-0.1, -0.05) is 12.1 Å². The molecule has 1 heterocycles. The molecule has 1 atom stereocenters. The molecule has 0 bridgehead atoms. The van der Waals surface area contributed by atoms with Crippen LogP contribution in [0.4, 0.5) is 4.79 Å². The third kappa shape index (κ3) is 11.7. The van der Waals surface area contributed by atoms with E-state index in [1.807, 2.05) is 0 Å². The van der Waals surface area contributed by atoms with Gasteiger partial charge < -0.3 is 29.6 Å². The van der Waals surface area contributed by atoms with Crippen molar-refractivity contribution in [3.8, 4) is 5.75 Å². The molecule has 1 aromatic carbocycles. The molecule has 0 saturated carbocycles. The maximum absolute atomic E-state index is 11.9. The highest BCUT2D eigenvalue weighted by molar-refractivity contribution is 6.00. The van der Waals surface area contributed by atoms with Crippen molar-refractivity contribution in [2.24, 2.45) is 0 Å². The van der Waals surface area contributed by atoms with Crippen LogP contribution >= 0.6 is 0 Å². The Morgan fingerprint density at radius 1 is 0.971 bits per heavy atom. The van der Waals surface area contributed by atoms with Gasteiger partial charge in [0.05, 0.1) is 32.3 Å². The molecule has 11 heteroatoms. The summed E-state index contributed by atoms with van der Waals surface area (Å²) in [5.74, 6) is -0.679. The molecule has 3 N–H and O–H groups in total. The highest BCUT2D eigenvalue weighted by Crippen LogP contribution is 2.26. The van der Waals surface area contributed by atoms with Crippen LogP contribution in [-0.2, 0) is 28.6 Å². The summed E-state index contributed by atoms with van der Waals surface area (Å²) >= 11 is 0. The SMILES string of the molecule is CC(C)(C)OC(=O)NCCOCCOCCNC(=O)COc1ccc(C2CCC(=O)NC2=O)cc1. The van der Waals surface area contributed by atoms with Gasteiger partial charge in [-0.3, -0.25) is 19.7 Å². The van der Waals surface area contributed by atoms with E-state index in [0.717, 1.165) is 5.56 Å². The molecule has 1 aliphatic heterocycles. The van der Waals surface area contributed by atoms with E-state index >= 15 is 0 Å². The van der Waals surface area contributed by atoms with Crippen LogP contribution in [0.2, 0.25) is 0 Å². The van der Waals surface area contributed by atoms with Crippen molar-refractivity contribution in [1.29, 1.82) is 0 Å². The Kier molecular flexibility index (Phi) is 11.4. The van der Waals surface area contributed by atoms with Crippen LogP contribution in [0.5, 0.6) is 5.75 Å². The summed E-state index contributed by atoms with van der Waals surface area (Å²) in [5.41, 5.74) is 0.262. The summed E-state index contributed by atoms with van der Waals surface area (Å²) in [5, 5.41) is 7.62. The number of hydrogen-bond acceptors (Lipinski definition) is 8. The Balaban J connectivity index is 1.47. The number of carbonyl (C=O) groups is 4. The minimum atomic E-state index is -0.536. The average molecular weight is 494 g/mol. The zero-order valence-electron chi connectivity index (χ0n) is 20.5. The lowest BCUT2D eigenvalue weighted by molar-refractivity contribution is -0.134. The van der Waals surface area contributed by atoms with Gasteiger partial charge in [-0.05, 0) is 44.9 Å². The number of benzene rings is 1. The smallest absolute Gasteiger partial charge is 0.407 e. The fourth-order valence-corrected chi connectivity index (χ4v) is 3.13. The first kappa shape index (κ1) is 28.1. The van der Waals surface area contributed by atoms with E-state index in [-0.39, 0.29) is 30.2 Å². The standard InChI is InChI=1S/C24H35N3O8/c1-24(2,3)35-23(31)26-11-13-33-15-14-32-12-10-25-21(29)16-34-18-6-4-17(5-7-18)19-8-9-20(28)27-22(19)30/h4-7,19H,8-16H2,1-3H3,(H,25,29)(H,26,31)(H,27,28,30). The maximum atomic E-state index is 11.9. The molecule has 1 fully saturated rings. The Bertz CT molecular complexity index is 851. The second-order valence-electron chi connectivity index (χ2n) is 8.86. The molecular weight excluding hydrogens is 458 g/mol. The van der Waals surface area contributed by atoms with Crippen LogP contribution in [0.25, 0.3) is 0 Å². The molecule has 1 aliphatic rings. The molecule has 1 saturated heterocycles. The van der Waals surface area contributed by atoms with Crippen LogP contribution in [0.15, 0.2) is 24.3 Å². The van der Waals surface area contributed by atoms with E-state index in [1.54, 1.807) is 45.0 Å². The summed E-state index contributed by atoms with van der Waals surface area (Å²) in [6, 6.07) is 6.91. The minimum Gasteiger partial charge on any atom is -0.484 e. The minimum absolute atomic E-state index is 0.147. The predicted molar refractivity (Wildman–Crippen MR) is 126 cm³/mol. The number of alkyl carbamates (subject to hydrolysis) is 1. The van der Waals surface area contributed by atoms with Crippen LogP contribution in [-0.4, -0.2) is 75.5 Å². The third-order valence-corrected chi connectivity index (χ3v) is 4.75. The molecule has 0 radical (unpaired) electrons. The van der Waals surface area contributed by atoms with Gasteiger partial charge in [0.1, 0.15) is 11.4 Å². The summed E-state index contributed by atoms with van der Waals surface area (Å²) in [7, 11) is 0. The number of hydrogen-bond donors (Lipinski definition) is 3. The lowest BCUT2D eigenvalue weighted by Crippen LogP contribution is -2.39. The predicted octanol–water partition coefficient (Wildman–Crippen LogP) is 1.26. The second-order valence-corrected chi connectivity index (χ2v) is 8.86. The topological polar surface area (TPSA) is 141 Å². The number of rotatable bonds is 13. The summed E-state index contributed by atoms with van der Waals surface area (Å²) in [4.78, 5) is 46.6. The van der Waals surface area contributed by atoms with Crippen molar-refractivity contribution in [2.45, 2.75) is 45.1 Å². The van der Waals surface area contributed by atoms with E-state index in [0.29, 0.717) is 58.1 Å². The number of nitrogens with one attached hydrogen (secondary N) is 3. The van der Waals surface area contributed by atoms with E-state index < -0.39 is 11.7 Å². The average Bonchev–Trinajstić information content (AvgIpc) is 2.78. The Labute approximate surface area is 205 Å². The molecule has 1 aromatic rings. The van der Waals surface area contributed by atoms with E-state index in [2.05, 4.69) is 16.0 Å². The lowest BCUT2D eigenvalue weighted by atomic mass is 9.90. The van der Waals surface area contributed by atoms with Crippen molar-refractivity contribution < 1.29 is 38.1 Å². The van der Waals surface area contributed by atoms with Gasteiger partial charge in [0.25, 0.3) is 5.91 Å². The summed E-state index contributed by atoms with van der Waals surface area (Å²) in [6.07, 6.45) is 0.312. The molecule has 0 aliphatic carbocycles. The number of ether oxygens (including phenoxy) is 4. The van der Waals surface area contributed by atoms with Crippen molar-refractivity contribution in [3.63, 3.8) is 0 Å². The Morgan fingerprint density at radius 3 is 2.20 bits per heavy atom. The first-order valence-electron chi connectivity index (χ1n) is 11.6. The van der Waals surface area contributed by atoms with Gasteiger partial charge >= 0.3 is 6.09 Å². The van der Waals surface area contributed by atoms with Crippen molar-refractivity contribution >= 4 is 23.8 Å². The fourth-order valence-electron chi connectivity index (χ4n) is 3.13. The maximum Gasteiger partial charge on any atom is 0.407 e. The lowest BCUT2D eigenvalue weighted by Gasteiger charge is -2.21. The molecule has 4 amide bonds. The molecule has 35 heavy (non-hydrogen) atoms. The molecule has 194 valence electrons. The van der Waals surface area contributed by atoms with Crippen LogP contribution in [0.1, 0.15) is 45.1 Å². The first-order valence-corrected chi connectivity index (χ1v) is 11.6. The largest absolute Gasteiger partial charge is 0.484 e. The fraction of sp³-hybridized carbons (Fsp3) is 0.583. The highest BCUT2D eigenvalue weighted by atomic mass is 16.6. The van der Waals surface area contributed by atoms with Crippen molar-refractivity contribution in [1.82, 2.24) is 16.0 Å². The van der Waals surface area contributed by atoms with Crippen LogP contribution < -0.4 is 20.7 Å². The number of amides is 4. The molecule has 0 spiro atoms. The van der Waals surface area contributed by atoms with E-state index in [9.17, 15) is 19.2 Å². The van der Waals surface area contributed by atoms with Gasteiger partial charge in [-0.15, -0.1) is 0 Å². The normalized spacial score (nSPS) is 15.8. The zero-order valence-corrected chi connectivity index (χ0v) is 20.5. The second kappa shape index (κ2) is 14.3. The van der Waals surface area contributed by atoms with Gasteiger partial charge in [-0.25, -0.2) is 4.79 Å². The number of piperidine rings is 1. The third-order valence-electron chi connectivity index (χ3n) is 4.75. The van der Waals surface area contributed by atoms with Gasteiger partial charge in [0.15, 0.2) is 6.61 Å². The van der Waals surface area contributed by atoms with Gasteiger partial charge in [-0.2, -0.15) is 0 Å². The van der Waals surface area contributed by atoms with Gasteiger partial charge in [0.2, 0.25) is 11.8 Å². The number of imide groups is 1. The number of carbonyl (C=O) groups excluding carboxylic acids is 4. The van der Waals surface area contributed by atoms with Crippen molar-refractivity contribution in [2.75, 3.05) is 46.1 Å². The molecule has 1 unspecified atom stereocenters. The first-order chi connectivity index (χ1) is 16.6. The molecule has 0 aromatic heterocycles. The Hall–Kier alpha value is -3.18. The van der Waals surface area contributed by atoms with E-state index in [1.165, 1.54) is 0 Å². The quantitative estimate of drug-likeness (QED) is 0.275. The monoisotopic (exact) mass is 493 g/mol. The molecule has 11 nitrogen and oxygen atoms in total. The summed E-state index contributed by atoms with van der Waals surface area (Å²) < 4.78 is 21.3.